The highest BCUT2D eigenvalue weighted by atomic mass is 35.5. The third kappa shape index (κ3) is 5.07. The maximum Gasteiger partial charge on any atom is 0.311 e. The lowest BCUT2D eigenvalue weighted by Crippen LogP contribution is -2.24. The van der Waals surface area contributed by atoms with Gasteiger partial charge in [-0.25, -0.2) is 5.43 Å². The summed E-state index contributed by atoms with van der Waals surface area (Å²) in [7, 11) is 0. The predicted octanol–water partition coefficient (Wildman–Crippen LogP) is 3.14. The van der Waals surface area contributed by atoms with Gasteiger partial charge in [-0.2, -0.15) is 5.10 Å². The number of phenols is 1. The fraction of sp³-hybridized carbons (Fsp3) is 0.0667. The van der Waals surface area contributed by atoms with E-state index in [-0.39, 0.29) is 22.9 Å². The van der Waals surface area contributed by atoms with Crippen LogP contribution >= 0.6 is 23.2 Å². The number of phenolic OH excluding ortho intramolecular Hbond substituents is 1. The zero-order valence-electron chi connectivity index (χ0n) is 12.5. The van der Waals surface area contributed by atoms with Crippen molar-refractivity contribution >= 4 is 41.0 Å². The van der Waals surface area contributed by atoms with Gasteiger partial charge < -0.3 is 9.84 Å². The van der Waals surface area contributed by atoms with Crippen molar-refractivity contribution in [3.05, 3.63) is 62.1 Å². The number of nitrogens with zero attached hydrogens (tertiary/aromatic N) is 2. The topological polar surface area (TPSA) is 114 Å². The molecular formula is C15H11Cl2N3O5. The van der Waals surface area contributed by atoms with Crippen molar-refractivity contribution in [3.8, 4) is 11.5 Å². The van der Waals surface area contributed by atoms with Gasteiger partial charge in [0.15, 0.2) is 6.61 Å². The lowest BCUT2D eigenvalue weighted by molar-refractivity contribution is -0.385. The summed E-state index contributed by atoms with van der Waals surface area (Å²) in [6.07, 6.45) is 1.08. The summed E-state index contributed by atoms with van der Waals surface area (Å²) in [4.78, 5) is 21.6. The van der Waals surface area contributed by atoms with Gasteiger partial charge in [0.05, 0.1) is 16.2 Å². The van der Waals surface area contributed by atoms with Crippen molar-refractivity contribution < 1.29 is 19.6 Å². The fourth-order valence-corrected chi connectivity index (χ4v) is 2.20. The molecule has 0 radical (unpaired) electrons. The van der Waals surface area contributed by atoms with Crippen LogP contribution in [-0.4, -0.2) is 28.8 Å². The zero-order chi connectivity index (χ0) is 18.4. The van der Waals surface area contributed by atoms with Crippen molar-refractivity contribution in [2.24, 2.45) is 5.10 Å². The molecule has 0 aliphatic heterocycles. The van der Waals surface area contributed by atoms with Gasteiger partial charge in [0.25, 0.3) is 5.91 Å². The maximum atomic E-state index is 11.7. The van der Waals surface area contributed by atoms with Crippen LogP contribution in [0, 0.1) is 10.1 Å². The Balaban J connectivity index is 1.93. The van der Waals surface area contributed by atoms with Crippen LogP contribution in [0.25, 0.3) is 0 Å². The number of ether oxygens (including phenoxy) is 1. The van der Waals surface area contributed by atoms with Gasteiger partial charge in [-0.15, -0.1) is 0 Å². The van der Waals surface area contributed by atoms with E-state index in [0.717, 1.165) is 12.3 Å². The number of para-hydroxylation sites is 1. The number of amides is 1. The number of rotatable bonds is 6. The van der Waals surface area contributed by atoms with E-state index in [1.165, 1.54) is 24.3 Å². The normalized spacial score (nSPS) is 10.6. The van der Waals surface area contributed by atoms with E-state index in [4.69, 9.17) is 27.9 Å². The minimum atomic E-state index is -0.727. The summed E-state index contributed by atoms with van der Waals surface area (Å²) in [6.45, 7) is -0.361. The highest BCUT2D eigenvalue weighted by molar-refractivity contribution is 6.35. The quantitative estimate of drug-likeness (QED) is 0.451. The van der Waals surface area contributed by atoms with E-state index in [1.54, 1.807) is 6.07 Å². The Kier molecular flexibility index (Phi) is 6.15. The van der Waals surface area contributed by atoms with Crippen LogP contribution in [0.1, 0.15) is 5.56 Å². The molecule has 0 saturated heterocycles. The smallest absolute Gasteiger partial charge is 0.311 e. The van der Waals surface area contributed by atoms with Gasteiger partial charge in [0.2, 0.25) is 5.75 Å². The molecule has 25 heavy (non-hydrogen) atoms. The maximum absolute atomic E-state index is 11.7. The highest BCUT2D eigenvalue weighted by Gasteiger charge is 2.15. The first kappa shape index (κ1) is 18.5. The van der Waals surface area contributed by atoms with E-state index in [9.17, 15) is 20.0 Å². The number of hydrazone groups is 1. The average Bonchev–Trinajstić information content (AvgIpc) is 2.55. The third-order valence-corrected chi connectivity index (χ3v) is 3.42. The van der Waals surface area contributed by atoms with Gasteiger partial charge in [-0.05, 0) is 24.3 Å². The molecule has 0 bridgehead atoms. The molecule has 1 amide bonds. The van der Waals surface area contributed by atoms with Crippen molar-refractivity contribution in [2.75, 3.05) is 6.61 Å². The molecular weight excluding hydrogens is 373 g/mol. The van der Waals surface area contributed by atoms with E-state index in [2.05, 4.69) is 10.5 Å². The molecule has 10 heteroatoms. The Bertz CT molecular complexity index is 842. The molecule has 0 saturated carbocycles. The summed E-state index contributed by atoms with van der Waals surface area (Å²) in [5.74, 6) is -0.858. The van der Waals surface area contributed by atoms with E-state index in [1.807, 2.05) is 0 Å². The Morgan fingerprint density at radius 2 is 2.12 bits per heavy atom. The minimum absolute atomic E-state index is 0.0798. The second-order valence-electron chi connectivity index (χ2n) is 4.63. The summed E-state index contributed by atoms with van der Waals surface area (Å²) >= 11 is 11.7. The lowest BCUT2D eigenvalue weighted by Gasteiger charge is -2.07. The molecule has 0 heterocycles. The van der Waals surface area contributed by atoms with Crippen molar-refractivity contribution in [1.29, 1.82) is 0 Å². The number of hydrogen-bond acceptors (Lipinski definition) is 6. The molecule has 2 N–H and O–H groups in total. The van der Waals surface area contributed by atoms with Crippen LogP contribution in [0.15, 0.2) is 41.5 Å². The number of halogens is 2. The first-order valence-corrected chi connectivity index (χ1v) is 7.50. The largest absolute Gasteiger partial charge is 0.502 e. The van der Waals surface area contributed by atoms with E-state index in [0.29, 0.717) is 5.02 Å². The van der Waals surface area contributed by atoms with Crippen LogP contribution in [-0.2, 0) is 4.79 Å². The van der Waals surface area contributed by atoms with E-state index >= 15 is 0 Å². The van der Waals surface area contributed by atoms with Crippen LogP contribution in [0.3, 0.4) is 0 Å². The Morgan fingerprint density at radius 1 is 1.36 bits per heavy atom. The number of nitro benzene ring substituents is 1. The van der Waals surface area contributed by atoms with Crippen molar-refractivity contribution in [2.45, 2.75) is 0 Å². The van der Waals surface area contributed by atoms with Gasteiger partial charge in [-0.3, -0.25) is 14.9 Å². The zero-order valence-corrected chi connectivity index (χ0v) is 14.0. The monoisotopic (exact) mass is 383 g/mol. The van der Waals surface area contributed by atoms with Crippen molar-refractivity contribution in [3.63, 3.8) is 0 Å². The molecule has 2 aromatic carbocycles. The van der Waals surface area contributed by atoms with E-state index < -0.39 is 22.3 Å². The Morgan fingerprint density at radius 3 is 2.80 bits per heavy atom. The fourth-order valence-electron chi connectivity index (χ4n) is 1.74. The minimum Gasteiger partial charge on any atom is -0.502 e. The molecule has 130 valence electrons. The summed E-state index contributed by atoms with van der Waals surface area (Å²) in [5, 5.41) is 24.8. The Labute approximate surface area is 151 Å². The number of hydrogen-bond donors (Lipinski definition) is 2. The SMILES string of the molecule is O=C(COc1ccc(Cl)cc1Cl)N/N=C/c1cccc([N+](=O)[O-])c1O. The Hall–Kier alpha value is -2.84. The molecule has 0 spiro atoms. The van der Waals surface area contributed by atoms with Gasteiger partial charge >= 0.3 is 5.69 Å². The van der Waals surface area contributed by atoms with Gasteiger partial charge in [0, 0.05) is 16.7 Å². The number of nitro groups is 1. The molecule has 0 atom stereocenters. The number of nitrogens with one attached hydrogen (secondary N) is 1. The first-order chi connectivity index (χ1) is 11.9. The average molecular weight is 384 g/mol. The molecule has 2 rings (SSSR count). The van der Waals surface area contributed by atoms with Crippen LogP contribution in [0.4, 0.5) is 5.69 Å². The van der Waals surface area contributed by atoms with Crippen LogP contribution in [0.5, 0.6) is 11.5 Å². The second-order valence-corrected chi connectivity index (χ2v) is 5.47. The summed E-state index contributed by atoms with van der Waals surface area (Å²) in [6, 6.07) is 8.48. The molecule has 0 aliphatic rings. The van der Waals surface area contributed by atoms with Gasteiger partial charge in [-0.1, -0.05) is 29.3 Å². The number of aromatic hydroxyl groups is 1. The van der Waals surface area contributed by atoms with Crippen LogP contribution < -0.4 is 10.2 Å². The molecule has 0 fully saturated rings. The van der Waals surface area contributed by atoms with Crippen molar-refractivity contribution in [1.82, 2.24) is 5.43 Å². The highest BCUT2D eigenvalue weighted by Crippen LogP contribution is 2.28. The molecule has 0 aromatic heterocycles. The molecule has 2 aromatic rings. The first-order valence-electron chi connectivity index (χ1n) is 6.74. The second kappa shape index (κ2) is 8.32. The molecule has 0 aliphatic carbocycles. The molecule has 0 unspecified atom stereocenters. The number of benzene rings is 2. The summed E-state index contributed by atoms with van der Waals surface area (Å²) < 4.78 is 5.22. The van der Waals surface area contributed by atoms with Crippen LogP contribution in [0.2, 0.25) is 10.0 Å². The molecule has 8 nitrogen and oxygen atoms in total. The number of carbonyl (C=O) groups excluding carboxylic acids is 1. The predicted molar refractivity (Wildman–Crippen MR) is 92.5 cm³/mol. The van der Waals surface area contributed by atoms with Gasteiger partial charge in [0.1, 0.15) is 5.75 Å². The third-order valence-electron chi connectivity index (χ3n) is 2.89. The standard InChI is InChI=1S/C15H11Cl2N3O5/c16-10-4-5-13(11(17)6-10)25-8-14(21)19-18-7-9-2-1-3-12(15(9)22)20(23)24/h1-7,22H,8H2,(H,19,21)/b18-7+. The lowest BCUT2D eigenvalue weighted by atomic mass is 10.2. The summed E-state index contributed by atoms with van der Waals surface area (Å²) in [5.41, 5.74) is 1.78. The number of carbonyl (C=O) groups is 1.